The van der Waals surface area contributed by atoms with Crippen molar-refractivity contribution in [3.05, 3.63) is 29.6 Å². The van der Waals surface area contributed by atoms with Gasteiger partial charge in [0.2, 0.25) is 5.13 Å². The number of fused-ring (bicyclic) bond motifs is 1. The van der Waals surface area contributed by atoms with E-state index >= 15 is 0 Å². The molecule has 2 heterocycles. The van der Waals surface area contributed by atoms with Crippen molar-refractivity contribution in [2.45, 2.75) is 25.3 Å². The molecule has 0 amide bonds. The molecule has 96 valence electrons. The fourth-order valence-corrected chi connectivity index (χ4v) is 3.20. The van der Waals surface area contributed by atoms with E-state index in [-0.39, 0.29) is 0 Å². The van der Waals surface area contributed by atoms with E-state index in [4.69, 9.17) is 0 Å². The molecule has 1 aromatic carbocycles. The number of aromatic nitrogens is 4. The summed E-state index contributed by atoms with van der Waals surface area (Å²) in [6.45, 7) is 0.710. The van der Waals surface area contributed by atoms with E-state index in [1.807, 2.05) is 12.1 Å². The molecule has 0 aliphatic heterocycles. The van der Waals surface area contributed by atoms with Crippen molar-refractivity contribution in [2.75, 3.05) is 5.32 Å². The minimum absolute atomic E-state index is 0.609. The minimum atomic E-state index is 0.609. The predicted molar refractivity (Wildman–Crippen MR) is 76.6 cm³/mol. The van der Waals surface area contributed by atoms with Crippen molar-refractivity contribution in [3.8, 4) is 0 Å². The average molecular weight is 289 g/mol. The summed E-state index contributed by atoms with van der Waals surface area (Å²) in [5.41, 5.74) is 3.08. The Hall–Kier alpha value is -1.60. The zero-order valence-electron chi connectivity index (χ0n) is 10.0. The van der Waals surface area contributed by atoms with E-state index in [0.29, 0.717) is 12.5 Å². The van der Waals surface area contributed by atoms with Crippen molar-refractivity contribution >= 4 is 39.4 Å². The molecule has 1 aliphatic carbocycles. The monoisotopic (exact) mass is 289 g/mol. The number of nitrogens with zero attached hydrogens (tertiary/aromatic N) is 4. The number of hydrogen-bond donors (Lipinski definition) is 1. The molecule has 5 nitrogen and oxygen atoms in total. The van der Waals surface area contributed by atoms with E-state index in [1.165, 1.54) is 36.1 Å². The van der Waals surface area contributed by atoms with E-state index < -0.39 is 0 Å². The third kappa shape index (κ3) is 2.19. The van der Waals surface area contributed by atoms with E-state index in [9.17, 15) is 0 Å². The van der Waals surface area contributed by atoms with Gasteiger partial charge in [-0.3, -0.25) is 0 Å². The van der Waals surface area contributed by atoms with Crippen molar-refractivity contribution in [3.63, 3.8) is 0 Å². The molecular weight excluding hydrogens is 278 g/mol. The van der Waals surface area contributed by atoms with Gasteiger partial charge in [0.05, 0.1) is 11.7 Å². The van der Waals surface area contributed by atoms with Crippen LogP contribution in [0.25, 0.3) is 11.0 Å². The second-order valence-electron chi connectivity index (χ2n) is 4.63. The molecule has 0 bridgehead atoms. The van der Waals surface area contributed by atoms with Gasteiger partial charge in [0.15, 0.2) is 0 Å². The first-order chi connectivity index (χ1) is 9.40. The summed E-state index contributed by atoms with van der Waals surface area (Å²) in [5.74, 6) is 1.61. The van der Waals surface area contributed by atoms with Gasteiger partial charge in [-0.15, -0.1) is 0 Å². The van der Waals surface area contributed by atoms with Gasteiger partial charge < -0.3 is 5.32 Å². The standard InChI is InChI=1S/C12H11N5S2/c1-2-8(10-9(3-1)15-19-16-10)6-13-12-14-11(17-18-12)7-4-5-7/h1-3,7H,4-6H2,(H,13,14,17). The quantitative estimate of drug-likeness (QED) is 0.800. The number of nitrogens with one attached hydrogen (secondary N) is 1. The summed E-state index contributed by atoms with van der Waals surface area (Å²) in [7, 11) is 0. The summed E-state index contributed by atoms with van der Waals surface area (Å²) in [6, 6.07) is 6.06. The van der Waals surface area contributed by atoms with E-state index in [0.717, 1.165) is 27.6 Å². The highest BCUT2D eigenvalue weighted by Gasteiger charge is 2.27. The topological polar surface area (TPSA) is 63.6 Å². The Morgan fingerprint density at radius 3 is 3.05 bits per heavy atom. The molecule has 0 unspecified atom stereocenters. The molecule has 19 heavy (non-hydrogen) atoms. The lowest BCUT2D eigenvalue weighted by atomic mass is 10.2. The Bertz CT molecular complexity index is 716. The lowest BCUT2D eigenvalue weighted by molar-refractivity contribution is 0.980. The van der Waals surface area contributed by atoms with Crippen LogP contribution in [0.5, 0.6) is 0 Å². The Labute approximate surface area is 118 Å². The van der Waals surface area contributed by atoms with Crippen LogP contribution < -0.4 is 5.32 Å². The van der Waals surface area contributed by atoms with Crippen molar-refractivity contribution < 1.29 is 0 Å². The molecule has 0 radical (unpaired) electrons. The van der Waals surface area contributed by atoms with Gasteiger partial charge >= 0.3 is 0 Å². The van der Waals surface area contributed by atoms with Crippen molar-refractivity contribution in [1.29, 1.82) is 0 Å². The van der Waals surface area contributed by atoms with Gasteiger partial charge in [-0.2, -0.15) is 13.1 Å². The maximum atomic E-state index is 4.52. The van der Waals surface area contributed by atoms with Crippen LogP contribution in [-0.4, -0.2) is 18.1 Å². The number of rotatable bonds is 4. The van der Waals surface area contributed by atoms with Crippen LogP contribution in [0.15, 0.2) is 18.2 Å². The van der Waals surface area contributed by atoms with Crippen LogP contribution in [0.2, 0.25) is 0 Å². The molecule has 3 aromatic rings. The number of benzene rings is 1. The van der Waals surface area contributed by atoms with Gasteiger partial charge in [0, 0.05) is 29.6 Å². The number of hydrogen-bond acceptors (Lipinski definition) is 7. The van der Waals surface area contributed by atoms with E-state index in [1.54, 1.807) is 0 Å². The SMILES string of the molecule is c1cc(CNc2nc(C3CC3)ns2)c2nsnc2c1. The Kier molecular flexibility index (Phi) is 2.66. The molecule has 0 saturated heterocycles. The van der Waals surface area contributed by atoms with Gasteiger partial charge in [0.25, 0.3) is 0 Å². The second kappa shape index (κ2) is 4.50. The van der Waals surface area contributed by atoms with Crippen LogP contribution in [-0.2, 0) is 6.54 Å². The van der Waals surface area contributed by atoms with Crippen molar-refractivity contribution in [2.24, 2.45) is 0 Å². The molecule has 1 aliphatic rings. The number of anilines is 1. The Morgan fingerprint density at radius 2 is 2.16 bits per heavy atom. The highest BCUT2D eigenvalue weighted by atomic mass is 32.1. The van der Waals surface area contributed by atoms with Crippen LogP contribution in [0.1, 0.15) is 30.1 Å². The maximum absolute atomic E-state index is 4.52. The normalized spacial score (nSPS) is 14.9. The summed E-state index contributed by atoms with van der Waals surface area (Å²) < 4.78 is 13.0. The first-order valence-corrected chi connectivity index (χ1v) is 7.68. The van der Waals surface area contributed by atoms with Crippen LogP contribution in [0.3, 0.4) is 0 Å². The molecule has 4 rings (SSSR count). The molecule has 0 atom stereocenters. The summed E-state index contributed by atoms with van der Waals surface area (Å²) >= 11 is 2.69. The third-order valence-electron chi connectivity index (χ3n) is 3.18. The van der Waals surface area contributed by atoms with Crippen LogP contribution >= 0.6 is 23.3 Å². The molecule has 1 saturated carbocycles. The first kappa shape index (κ1) is 11.2. The molecule has 1 N–H and O–H groups in total. The Balaban J connectivity index is 1.52. The van der Waals surface area contributed by atoms with Gasteiger partial charge in [0.1, 0.15) is 16.9 Å². The second-order valence-corrected chi connectivity index (χ2v) is 5.91. The third-order valence-corrected chi connectivity index (χ3v) is 4.41. The highest BCUT2D eigenvalue weighted by Crippen LogP contribution is 2.39. The fraction of sp³-hybridized carbons (Fsp3) is 0.333. The van der Waals surface area contributed by atoms with Crippen LogP contribution in [0.4, 0.5) is 5.13 Å². The molecular formula is C12H11N5S2. The highest BCUT2D eigenvalue weighted by molar-refractivity contribution is 7.09. The zero-order chi connectivity index (χ0) is 12.7. The average Bonchev–Trinajstić information content (AvgIpc) is 3.00. The predicted octanol–water partition coefficient (Wildman–Crippen LogP) is 3.03. The minimum Gasteiger partial charge on any atom is -0.356 e. The lowest BCUT2D eigenvalue weighted by Gasteiger charge is -2.02. The van der Waals surface area contributed by atoms with Gasteiger partial charge in [-0.1, -0.05) is 12.1 Å². The molecule has 7 heteroatoms. The Morgan fingerprint density at radius 1 is 1.21 bits per heavy atom. The largest absolute Gasteiger partial charge is 0.356 e. The molecule has 1 fully saturated rings. The fourth-order valence-electron chi connectivity index (χ4n) is 1.99. The van der Waals surface area contributed by atoms with Gasteiger partial charge in [-0.05, 0) is 18.9 Å². The summed E-state index contributed by atoms with van der Waals surface area (Å²) in [4.78, 5) is 4.52. The van der Waals surface area contributed by atoms with E-state index in [2.05, 4.69) is 29.5 Å². The zero-order valence-corrected chi connectivity index (χ0v) is 11.7. The summed E-state index contributed by atoms with van der Waals surface area (Å²) in [5, 5.41) is 4.22. The summed E-state index contributed by atoms with van der Waals surface area (Å²) in [6.07, 6.45) is 2.47. The molecule has 2 aromatic heterocycles. The smallest absolute Gasteiger partial charge is 0.202 e. The maximum Gasteiger partial charge on any atom is 0.202 e. The molecule has 0 spiro atoms. The van der Waals surface area contributed by atoms with Crippen molar-refractivity contribution in [1.82, 2.24) is 18.1 Å². The van der Waals surface area contributed by atoms with Crippen LogP contribution in [0, 0.1) is 0 Å². The van der Waals surface area contributed by atoms with Gasteiger partial charge in [-0.25, -0.2) is 4.98 Å². The lowest BCUT2D eigenvalue weighted by Crippen LogP contribution is -1.99. The first-order valence-electron chi connectivity index (χ1n) is 6.18.